The molecule has 2 heterocycles. The van der Waals surface area contributed by atoms with Gasteiger partial charge in [-0.1, -0.05) is 0 Å². The van der Waals surface area contributed by atoms with E-state index in [0.29, 0.717) is 25.2 Å². The summed E-state index contributed by atoms with van der Waals surface area (Å²) >= 11 is 0. The second kappa shape index (κ2) is 4.77. The first-order valence-electron chi connectivity index (χ1n) is 5.29. The van der Waals surface area contributed by atoms with Crippen LogP contribution in [0.5, 0.6) is 0 Å². The predicted molar refractivity (Wildman–Crippen MR) is 60.5 cm³/mol. The summed E-state index contributed by atoms with van der Waals surface area (Å²) in [7, 11) is 0. The fourth-order valence-corrected chi connectivity index (χ4v) is 1.68. The molecule has 1 amide bonds. The average molecular weight is 236 g/mol. The predicted octanol–water partition coefficient (Wildman–Crippen LogP) is 0.680. The third-order valence-corrected chi connectivity index (χ3v) is 2.57. The summed E-state index contributed by atoms with van der Waals surface area (Å²) in [5.41, 5.74) is 0.00217. The Morgan fingerprint density at radius 1 is 1.59 bits per heavy atom. The van der Waals surface area contributed by atoms with Crippen LogP contribution in [0.2, 0.25) is 0 Å². The molecule has 0 saturated carbocycles. The minimum absolute atomic E-state index is 0.00217. The molecule has 7 heteroatoms. The number of amides is 1. The highest BCUT2D eigenvalue weighted by molar-refractivity contribution is 5.77. The van der Waals surface area contributed by atoms with Gasteiger partial charge in [0, 0.05) is 31.3 Å². The SMILES string of the molecule is O=C1CCC(Nc2cc([N+](=O)[O-])ccn2)CN1. The maximum atomic E-state index is 11.0. The number of piperidine rings is 1. The van der Waals surface area contributed by atoms with E-state index in [1.807, 2.05) is 0 Å². The molecule has 1 aromatic heterocycles. The molecule has 17 heavy (non-hydrogen) atoms. The molecule has 0 aliphatic carbocycles. The van der Waals surface area contributed by atoms with Crippen LogP contribution in [-0.4, -0.2) is 28.4 Å². The number of rotatable bonds is 3. The van der Waals surface area contributed by atoms with Crippen molar-refractivity contribution in [3.8, 4) is 0 Å². The van der Waals surface area contributed by atoms with Crippen molar-refractivity contribution in [3.05, 3.63) is 28.4 Å². The number of carbonyl (C=O) groups excluding carboxylic acids is 1. The van der Waals surface area contributed by atoms with Crippen LogP contribution in [0.4, 0.5) is 11.5 Å². The average Bonchev–Trinajstić information content (AvgIpc) is 2.32. The van der Waals surface area contributed by atoms with Crippen molar-refractivity contribution >= 4 is 17.4 Å². The van der Waals surface area contributed by atoms with Crippen molar-refractivity contribution in [3.63, 3.8) is 0 Å². The fraction of sp³-hybridized carbons (Fsp3) is 0.400. The minimum atomic E-state index is -0.463. The summed E-state index contributed by atoms with van der Waals surface area (Å²) in [4.78, 5) is 25.1. The molecule has 0 spiro atoms. The van der Waals surface area contributed by atoms with Gasteiger partial charge in [-0.2, -0.15) is 0 Å². The molecule has 1 aliphatic heterocycles. The Balaban J connectivity index is 2.01. The summed E-state index contributed by atoms with van der Waals surface area (Å²) in [5, 5.41) is 16.4. The number of aromatic nitrogens is 1. The smallest absolute Gasteiger partial charge is 0.274 e. The lowest BCUT2D eigenvalue weighted by atomic mass is 10.1. The van der Waals surface area contributed by atoms with Crippen molar-refractivity contribution in [2.45, 2.75) is 18.9 Å². The lowest BCUT2D eigenvalue weighted by molar-refractivity contribution is -0.384. The minimum Gasteiger partial charge on any atom is -0.365 e. The van der Waals surface area contributed by atoms with Crippen LogP contribution in [0.3, 0.4) is 0 Å². The summed E-state index contributed by atoms with van der Waals surface area (Å²) < 4.78 is 0. The molecule has 2 rings (SSSR count). The Hall–Kier alpha value is -2.18. The normalized spacial score (nSPS) is 19.5. The number of hydrogen-bond donors (Lipinski definition) is 2. The third kappa shape index (κ3) is 2.90. The first-order chi connectivity index (χ1) is 8.15. The van der Waals surface area contributed by atoms with Crippen LogP contribution in [0.15, 0.2) is 18.3 Å². The Labute approximate surface area is 97.4 Å². The van der Waals surface area contributed by atoms with Crippen LogP contribution in [0.25, 0.3) is 0 Å². The number of nitrogens with one attached hydrogen (secondary N) is 2. The molecule has 1 atom stereocenters. The van der Waals surface area contributed by atoms with Crippen molar-refractivity contribution in [2.75, 3.05) is 11.9 Å². The second-order valence-electron chi connectivity index (χ2n) is 3.84. The van der Waals surface area contributed by atoms with E-state index >= 15 is 0 Å². The van der Waals surface area contributed by atoms with E-state index in [2.05, 4.69) is 15.6 Å². The topological polar surface area (TPSA) is 97.2 Å². The van der Waals surface area contributed by atoms with E-state index in [0.717, 1.165) is 0 Å². The van der Waals surface area contributed by atoms with Gasteiger partial charge < -0.3 is 10.6 Å². The van der Waals surface area contributed by atoms with Crippen LogP contribution in [-0.2, 0) is 4.79 Å². The highest BCUT2D eigenvalue weighted by atomic mass is 16.6. The van der Waals surface area contributed by atoms with Gasteiger partial charge in [0.25, 0.3) is 5.69 Å². The number of pyridine rings is 1. The number of anilines is 1. The van der Waals surface area contributed by atoms with E-state index in [1.165, 1.54) is 18.3 Å². The molecule has 1 saturated heterocycles. The molecule has 1 unspecified atom stereocenters. The van der Waals surface area contributed by atoms with E-state index in [4.69, 9.17) is 0 Å². The van der Waals surface area contributed by atoms with Crippen LogP contribution < -0.4 is 10.6 Å². The molecule has 1 aliphatic rings. The molecular weight excluding hydrogens is 224 g/mol. The van der Waals surface area contributed by atoms with Crippen molar-refractivity contribution in [1.82, 2.24) is 10.3 Å². The van der Waals surface area contributed by atoms with E-state index in [1.54, 1.807) is 0 Å². The summed E-state index contributed by atoms with van der Waals surface area (Å²) in [6, 6.07) is 2.80. The molecule has 0 aromatic carbocycles. The molecule has 1 aromatic rings. The van der Waals surface area contributed by atoms with Crippen LogP contribution in [0, 0.1) is 10.1 Å². The Kier molecular flexibility index (Phi) is 3.17. The number of nitro groups is 1. The third-order valence-electron chi connectivity index (χ3n) is 2.57. The monoisotopic (exact) mass is 236 g/mol. The molecule has 90 valence electrons. The zero-order valence-electron chi connectivity index (χ0n) is 9.05. The van der Waals surface area contributed by atoms with Crippen molar-refractivity contribution in [2.24, 2.45) is 0 Å². The van der Waals surface area contributed by atoms with E-state index in [-0.39, 0.29) is 17.6 Å². The summed E-state index contributed by atoms with van der Waals surface area (Å²) in [5.74, 6) is 0.496. The van der Waals surface area contributed by atoms with Crippen molar-refractivity contribution in [1.29, 1.82) is 0 Å². The van der Waals surface area contributed by atoms with Gasteiger partial charge in [0.05, 0.1) is 11.0 Å². The molecule has 0 radical (unpaired) electrons. The Morgan fingerprint density at radius 3 is 3.06 bits per heavy atom. The quantitative estimate of drug-likeness (QED) is 0.594. The fourth-order valence-electron chi connectivity index (χ4n) is 1.68. The first kappa shape index (κ1) is 11.3. The van der Waals surface area contributed by atoms with Gasteiger partial charge in [0.1, 0.15) is 5.82 Å². The van der Waals surface area contributed by atoms with Gasteiger partial charge >= 0.3 is 0 Å². The summed E-state index contributed by atoms with van der Waals surface area (Å²) in [6.07, 6.45) is 2.56. The molecule has 7 nitrogen and oxygen atoms in total. The second-order valence-corrected chi connectivity index (χ2v) is 3.84. The van der Waals surface area contributed by atoms with Gasteiger partial charge in [0.15, 0.2) is 0 Å². The van der Waals surface area contributed by atoms with Gasteiger partial charge in [-0.3, -0.25) is 14.9 Å². The zero-order chi connectivity index (χ0) is 12.3. The maximum Gasteiger partial charge on any atom is 0.274 e. The standard InChI is InChI=1S/C10H12N4O3/c15-10-2-1-7(6-12-10)13-9-5-8(14(16)17)3-4-11-9/h3-5,7H,1-2,6H2,(H,11,13)(H,12,15). The number of nitrogens with zero attached hydrogens (tertiary/aromatic N) is 2. The van der Waals surface area contributed by atoms with Gasteiger partial charge in [0.2, 0.25) is 5.91 Å². The van der Waals surface area contributed by atoms with Crippen LogP contribution >= 0.6 is 0 Å². The maximum absolute atomic E-state index is 11.0. The lowest BCUT2D eigenvalue weighted by Gasteiger charge is -2.23. The van der Waals surface area contributed by atoms with Crippen LogP contribution in [0.1, 0.15) is 12.8 Å². The highest BCUT2D eigenvalue weighted by Crippen LogP contribution is 2.16. The first-order valence-corrected chi connectivity index (χ1v) is 5.29. The Morgan fingerprint density at radius 2 is 2.41 bits per heavy atom. The van der Waals surface area contributed by atoms with E-state index in [9.17, 15) is 14.9 Å². The molecule has 2 N–H and O–H groups in total. The lowest BCUT2D eigenvalue weighted by Crippen LogP contribution is -2.42. The van der Waals surface area contributed by atoms with E-state index < -0.39 is 4.92 Å². The molecule has 0 bridgehead atoms. The Bertz CT molecular complexity index is 439. The molecule has 1 fully saturated rings. The highest BCUT2D eigenvalue weighted by Gasteiger charge is 2.18. The van der Waals surface area contributed by atoms with Gasteiger partial charge in [-0.05, 0) is 6.42 Å². The molecular formula is C10H12N4O3. The zero-order valence-corrected chi connectivity index (χ0v) is 9.05. The van der Waals surface area contributed by atoms with Crippen molar-refractivity contribution < 1.29 is 9.72 Å². The van der Waals surface area contributed by atoms with Gasteiger partial charge in [-0.15, -0.1) is 0 Å². The van der Waals surface area contributed by atoms with Gasteiger partial charge in [-0.25, -0.2) is 4.98 Å². The number of hydrogen-bond acceptors (Lipinski definition) is 5. The largest absolute Gasteiger partial charge is 0.365 e. The number of carbonyl (C=O) groups is 1. The summed E-state index contributed by atoms with van der Waals surface area (Å²) in [6.45, 7) is 0.517.